The number of aryl methyl sites for hydroxylation is 1. The minimum Gasteiger partial charge on any atom is -0.325 e. The van der Waals surface area contributed by atoms with Crippen molar-refractivity contribution in [1.29, 1.82) is 0 Å². The molecule has 4 rings (SSSR count). The van der Waals surface area contributed by atoms with Crippen LogP contribution >= 0.6 is 11.8 Å². The number of nitrogens with one attached hydrogen (secondary N) is 1. The maximum Gasteiger partial charge on any atom is 0.227 e. The number of benzene rings is 1. The molecule has 1 fully saturated rings. The molecule has 4 nitrogen and oxygen atoms in total. The predicted octanol–water partition coefficient (Wildman–Crippen LogP) is 3.39. The SMILES string of the molecule is O=C(Nc1ccccc1-c1cn2c(n1)SCC2)C1CCC1. The van der Waals surface area contributed by atoms with Crippen molar-refractivity contribution >= 4 is 23.4 Å². The average Bonchev–Trinajstić information content (AvgIpc) is 2.97. The third-order valence-electron chi connectivity index (χ3n) is 4.24. The van der Waals surface area contributed by atoms with Crippen molar-refractivity contribution in [1.82, 2.24) is 9.55 Å². The standard InChI is InChI=1S/C16H17N3OS/c20-15(11-4-3-5-11)17-13-7-2-1-6-12(13)14-10-19-8-9-21-16(19)18-14/h1-2,6-7,10-11H,3-5,8-9H2,(H,17,20). The molecule has 1 aromatic heterocycles. The van der Waals surface area contributed by atoms with Crippen molar-refractivity contribution in [2.24, 2.45) is 5.92 Å². The lowest BCUT2D eigenvalue weighted by molar-refractivity contribution is -0.122. The predicted molar refractivity (Wildman–Crippen MR) is 84.4 cm³/mol. The van der Waals surface area contributed by atoms with Crippen LogP contribution in [0.2, 0.25) is 0 Å². The maximum absolute atomic E-state index is 12.2. The number of aromatic nitrogens is 2. The van der Waals surface area contributed by atoms with Crippen molar-refractivity contribution in [2.45, 2.75) is 31.0 Å². The molecular weight excluding hydrogens is 282 g/mol. The number of rotatable bonds is 3. The third kappa shape index (κ3) is 2.35. The minimum atomic E-state index is 0.148. The van der Waals surface area contributed by atoms with Crippen LogP contribution in [-0.2, 0) is 11.3 Å². The topological polar surface area (TPSA) is 46.9 Å². The zero-order chi connectivity index (χ0) is 14.2. The number of nitrogens with zero attached hydrogens (tertiary/aromatic N) is 2. The first-order valence-electron chi connectivity index (χ1n) is 7.41. The van der Waals surface area contributed by atoms with Gasteiger partial charge in [-0.05, 0) is 18.9 Å². The van der Waals surface area contributed by atoms with Crippen LogP contribution in [-0.4, -0.2) is 21.2 Å². The first-order chi connectivity index (χ1) is 10.3. The summed E-state index contributed by atoms with van der Waals surface area (Å²) >= 11 is 1.79. The Labute approximate surface area is 128 Å². The zero-order valence-corrected chi connectivity index (χ0v) is 12.5. The van der Waals surface area contributed by atoms with Crippen molar-refractivity contribution < 1.29 is 4.79 Å². The van der Waals surface area contributed by atoms with Gasteiger partial charge in [-0.15, -0.1) is 0 Å². The number of carbonyl (C=O) groups excluding carboxylic acids is 1. The summed E-state index contributed by atoms with van der Waals surface area (Å²) < 4.78 is 2.19. The molecule has 21 heavy (non-hydrogen) atoms. The largest absolute Gasteiger partial charge is 0.325 e. The number of amides is 1. The second kappa shape index (κ2) is 5.22. The molecule has 0 unspecified atom stereocenters. The van der Waals surface area contributed by atoms with Crippen molar-refractivity contribution in [3.8, 4) is 11.3 Å². The molecular formula is C16H17N3OS. The van der Waals surface area contributed by atoms with Crippen LogP contribution in [0.5, 0.6) is 0 Å². The molecule has 0 saturated heterocycles. The highest BCUT2D eigenvalue weighted by Crippen LogP contribution is 2.33. The van der Waals surface area contributed by atoms with Crippen molar-refractivity contribution in [3.63, 3.8) is 0 Å². The Morgan fingerprint density at radius 1 is 1.33 bits per heavy atom. The van der Waals surface area contributed by atoms with E-state index in [9.17, 15) is 4.79 Å². The summed E-state index contributed by atoms with van der Waals surface area (Å²) in [5.74, 6) is 1.44. The third-order valence-corrected chi connectivity index (χ3v) is 5.21. The Balaban J connectivity index is 1.63. The number of carbonyl (C=O) groups is 1. The molecule has 0 atom stereocenters. The summed E-state index contributed by atoms with van der Waals surface area (Å²) in [7, 11) is 0. The van der Waals surface area contributed by atoms with Crippen LogP contribution in [0.3, 0.4) is 0 Å². The van der Waals surface area contributed by atoms with Gasteiger partial charge in [-0.25, -0.2) is 4.98 Å². The number of hydrogen-bond donors (Lipinski definition) is 1. The molecule has 0 bridgehead atoms. The summed E-state index contributed by atoms with van der Waals surface area (Å²) in [6, 6.07) is 7.94. The second-order valence-electron chi connectivity index (χ2n) is 5.61. The van der Waals surface area contributed by atoms with Crippen molar-refractivity contribution in [2.75, 3.05) is 11.1 Å². The van der Waals surface area contributed by atoms with Gasteiger partial charge in [-0.3, -0.25) is 4.79 Å². The number of fused-ring (bicyclic) bond motifs is 1. The highest BCUT2D eigenvalue weighted by atomic mass is 32.2. The van der Waals surface area contributed by atoms with E-state index in [4.69, 9.17) is 0 Å². The molecule has 1 aromatic carbocycles. The molecule has 0 radical (unpaired) electrons. The Bertz CT molecular complexity index is 669. The van der Waals surface area contributed by atoms with Crippen LogP contribution in [0.25, 0.3) is 11.3 Å². The minimum absolute atomic E-state index is 0.148. The van der Waals surface area contributed by atoms with Gasteiger partial charge >= 0.3 is 0 Å². The van der Waals surface area contributed by atoms with Crippen LogP contribution in [0, 0.1) is 5.92 Å². The van der Waals surface area contributed by atoms with E-state index < -0.39 is 0 Å². The fraction of sp³-hybridized carbons (Fsp3) is 0.375. The van der Waals surface area contributed by atoms with Crippen LogP contribution in [0.15, 0.2) is 35.6 Å². The molecule has 2 heterocycles. The van der Waals surface area contributed by atoms with Crippen LogP contribution in [0.1, 0.15) is 19.3 Å². The van der Waals surface area contributed by atoms with Gasteiger partial charge in [0.2, 0.25) is 5.91 Å². The van der Waals surface area contributed by atoms with E-state index in [-0.39, 0.29) is 11.8 Å². The molecule has 108 valence electrons. The van der Waals surface area contributed by atoms with E-state index in [0.717, 1.165) is 47.2 Å². The molecule has 0 spiro atoms. The summed E-state index contributed by atoms with van der Waals surface area (Å²) in [5, 5.41) is 4.15. The molecule has 1 saturated carbocycles. The van der Waals surface area contributed by atoms with Gasteiger partial charge in [0.1, 0.15) is 0 Å². The van der Waals surface area contributed by atoms with Crippen molar-refractivity contribution in [3.05, 3.63) is 30.5 Å². The fourth-order valence-electron chi connectivity index (χ4n) is 2.76. The van der Waals surface area contributed by atoms with E-state index in [1.165, 1.54) is 6.42 Å². The van der Waals surface area contributed by atoms with Gasteiger partial charge in [-0.2, -0.15) is 0 Å². The number of anilines is 1. The van der Waals surface area contributed by atoms with Crippen LogP contribution in [0.4, 0.5) is 5.69 Å². The average molecular weight is 299 g/mol. The molecule has 5 heteroatoms. The first kappa shape index (κ1) is 13.0. The van der Waals surface area contributed by atoms with Gasteiger partial charge < -0.3 is 9.88 Å². The lowest BCUT2D eigenvalue weighted by Gasteiger charge is -2.24. The highest BCUT2D eigenvalue weighted by Gasteiger charge is 2.26. The zero-order valence-electron chi connectivity index (χ0n) is 11.7. The van der Waals surface area contributed by atoms with E-state index in [2.05, 4.69) is 21.1 Å². The summed E-state index contributed by atoms with van der Waals surface area (Å²) in [6.07, 6.45) is 5.29. The normalized spacial score (nSPS) is 17.3. The number of hydrogen-bond acceptors (Lipinski definition) is 3. The van der Waals surface area contributed by atoms with E-state index in [1.807, 2.05) is 24.3 Å². The molecule has 2 aromatic rings. The number of thioether (sulfide) groups is 1. The monoisotopic (exact) mass is 299 g/mol. The Morgan fingerprint density at radius 2 is 2.19 bits per heavy atom. The molecule has 1 aliphatic heterocycles. The Kier molecular flexibility index (Phi) is 3.22. The lowest BCUT2D eigenvalue weighted by atomic mass is 9.84. The number of imidazole rings is 1. The van der Waals surface area contributed by atoms with Crippen LogP contribution < -0.4 is 5.32 Å². The highest BCUT2D eigenvalue weighted by molar-refractivity contribution is 7.99. The number of para-hydroxylation sites is 1. The Hall–Kier alpha value is -1.75. The quantitative estimate of drug-likeness (QED) is 0.945. The van der Waals surface area contributed by atoms with E-state index in [1.54, 1.807) is 11.8 Å². The summed E-state index contributed by atoms with van der Waals surface area (Å²) in [4.78, 5) is 16.9. The van der Waals surface area contributed by atoms with Gasteiger partial charge in [-0.1, -0.05) is 36.4 Å². The summed E-state index contributed by atoms with van der Waals surface area (Å²) in [6.45, 7) is 1.02. The van der Waals surface area contributed by atoms with Gasteiger partial charge in [0, 0.05) is 30.0 Å². The first-order valence-corrected chi connectivity index (χ1v) is 8.40. The lowest BCUT2D eigenvalue weighted by Crippen LogP contribution is -2.28. The Morgan fingerprint density at radius 3 is 2.95 bits per heavy atom. The van der Waals surface area contributed by atoms with Gasteiger partial charge in [0.05, 0.1) is 11.4 Å². The van der Waals surface area contributed by atoms with Gasteiger partial charge in [0.15, 0.2) is 5.16 Å². The fourth-order valence-corrected chi connectivity index (χ4v) is 3.70. The van der Waals surface area contributed by atoms with Gasteiger partial charge in [0.25, 0.3) is 0 Å². The summed E-state index contributed by atoms with van der Waals surface area (Å²) in [5.41, 5.74) is 2.82. The molecule has 1 amide bonds. The second-order valence-corrected chi connectivity index (χ2v) is 6.68. The molecule has 1 N–H and O–H groups in total. The maximum atomic E-state index is 12.2. The smallest absolute Gasteiger partial charge is 0.227 e. The molecule has 1 aliphatic carbocycles. The van der Waals surface area contributed by atoms with E-state index >= 15 is 0 Å². The van der Waals surface area contributed by atoms with E-state index in [0.29, 0.717) is 0 Å². The molecule has 2 aliphatic rings.